The van der Waals surface area contributed by atoms with Crippen molar-refractivity contribution >= 4 is 26.8 Å². The minimum Gasteiger partial charge on any atom is -0.437 e. The molecule has 0 amide bonds. The molecular formula is C10H27NO2Si3. The van der Waals surface area contributed by atoms with Crippen LogP contribution in [0, 0.1) is 0 Å². The van der Waals surface area contributed by atoms with Gasteiger partial charge in [-0.05, 0) is 58.7 Å². The summed E-state index contributed by atoms with van der Waals surface area (Å²) in [6.45, 7) is 13.6. The molecule has 1 saturated heterocycles. The number of nitrogens with zero attached hydrogens (tertiary/aromatic N) is 1. The smallest absolute Gasteiger partial charge is 0.311 e. The van der Waals surface area contributed by atoms with E-state index in [4.69, 9.17) is 8.23 Å². The second-order valence-corrected chi connectivity index (χ2v) is 16.2. The molecule has 0 saturated carbocycles. The molecule has 0 aromatic rings. The Labute approximate surface area is 105 Å². The van der Waals surface area contributed by atoms with Crippen LogP contribution in [-0.4, -0.2) is 44.5 Å². The molecule has 0 atom stereocenters. The van der Waals surface area contributed by atoms with Gasteiger partial charge in [-0.15, -0.1) is 0 Å². The number of hydrogen-bond acceptors (Lipinski definition) is 3. The van der Waals surface area contributed by atoms with Gasteiger partial charge >= 0.3 is 8.56 Å². The van der Waals surface area contributed by atoms with Crippen molar-refractivity contribution in [3.05, 3.63) is 0 Å². The summed E-state index contributed by atoms with van der Waals surface area (Å²) >= 11 is 0. The molecule has 1 aliphatic rings. The maximum atomic E-state index is 6.18. The Morgan fingerprint density at radius 1 is 0.938 bits per heavy atom. The molecule has 6 heteroatoms. The van der Waals surface area contributed by atoms with Crippen molar-refractivity contribution in [3.63, 3.8) is 0 Å². The molecule has 0 spiro atoms. The molecule has 1 rings (SSSR count). The molecule has 1 aliphatic heterocycles. The van der Waals surface area contributed by atoms with Crippen molar-refractivity contribution < 1.29 is 8.23 Å². The van der Waals surface area contributed by atoms with Crippen LogP contribution in [0.2, 0.25) is 32.7 Å². The fourth-order valence-electron chi connectivity index (χ4n) is 2.10. The molecule has 0 unspecified atom stereocenters. The van der Waals surface area contributed by atoms with Crippen LogP contribution >= 0.6 is 0 Å². The lowest BCUT2D eigenvalue weighted by molar-refractivity contribution is 0.309. The van der Waals surface area contributed by atoms with E-state index in [0.717, 1.165) is 0 Å². The van der Waals surface area contributed by atoms with Gasteiger partial charge in [-0.25, -0.2) is 0 Å². The van der Waals surface area contributed by atoms with Gasteiger partial charge in [-0.2, -0.15) is 0 Å². The Balaban J connectivity index is 2.29. The first-order valence-corrected chi connectivity index (χ1v) is 13.8. The lowest BCUT2D eigenvalue weighted by atomic mass is 10.2. The van der Waals surface area contributed by atoms with Crippen molar-refractivity contribution in [2.24, 2.45) is 0 Å². The Hall–Kier alpha value is 0.531. The zero-order valence-corrected chi connectivity index (χ0v) is 14.9. The highest BCUT2D eigenvalue weighted by atomic mass is 28.5. The average Bonchev–Trinajstić information content (AvgIpc) is 2.13. The summed E-state index contributed by atoms with van der Waals surface area (Å²) in [5, 5.41) is 0. The number of piperidine rings is 1. The molecule has 96 valence electrons. The lowest BCUT2D eigenvalue weighted by Gasteiger charge is -2.34. The molecule has 3 nitrogen and oxygen atoms in total. The van der Waals surface area contributed by atoms with Crippen LogP contribution in [0.15, 0.2) is 0 Å². The monoisotopic (exact) mass is 277 g/mol. The van der Waals surface area contributed by atoms with Crippen LogP contribution in [0.4, 0.5) is 0 Å². The number of hydrogen-bond donors (Lipinski definition) is 0. The van der Waals surface area contributed by atoms with Gasteiger partial charge in [-0.1, -0.05) is 6.42 Å². The first-order valence-electron chi connectivity index (χ1n) is 6.35. The highest BCUT2D eigenvalue weighted by Gasteiger charge is 2.31. The van der Waals surface area contributed by atoms with E-state index in [-0.39, 0.29) is 0 Å². The SMILES string of the molecule is C[Si](C)(C)O[Si](C)(C)O[SiH2]N1CCCCC1. The van der Waals surface area contributed by atoms with Gasteiger partial charge < -0.3 is 12.8 Å². The quantitative estimate of drug-likeness (QED) is 0.718. The fourth-order valence-corrected chi connectivity index (χ4v) is 11.4. The fraction of sp³-hybridized carbons (Fsp3) is 1.00. The van der Waals surface area contributed by atoms with Crippen molar-refractivity contribution in [2.75, 3.05) is 13.1 Å². The third-order valence-electron chi connectivity index (χ3n) is 2.60. The average molecular weight is 278 g/mol. The third-order valence-corrected chi connectivity index (χ3v) is 11.3. The van der Waals surface area contributed by atoms with Gasteiger partial charge in [-0.3, -0.25) is 0 Å². The first kappa shape index (κ1) is 14.6. The third kappa shape index (κ3) is 6.31. The summed E-state index contributed by atoms with van der Waals surface area (Å²) in [6, 6.07) is 0. The van der Waals surface area contributed by atoms with Gasteiger partial charge in [0.05, 0.1) is 0 Å². The minimum atomic E-state index is -1.84. The van der Waals surface area contributed by atoms with Crippen molar-refractivity contribution in [1.82, 2.24) is 4.57 Å². The predicted molar refractivity (Wildman–Crippen MR) is 77.0 cm³/mol. The molecule has 1 heterocycles. The van der Waals surface area contributed by atoms with Gasteiger partial charge in [0.2, 0.25) is 9.92 Å². The molecule has 1 fully saturated rings. The second kappa shape index (κ2) is 5.92. The lowest BCUT2D eigenvalue weighted by Crippen LogP contribution is -2.48. The first-order chi connectivity index (χ1) is 7.29. The molecule has 0 aliphatic carbocycles. The molecule has 0 radical (unpaired) electrons. The van der Waals surface area contributed by atoms with Gasteiger partial charge in [0, 0.05) is 0 Å². The molecule has 0 N–H and O–H groups in total. The largest absolute Gasteiger partial charge is 0.437 e. The van der Waals surface area contributed by atoms with Crippen molar-refractivity contribution in [2.45, 2.75) is 52.0 Å². The summed E-state index contributed by atoms with van der Waals surface area (Å²) in [7, 11) is -3.80. The summed E-state index contributed by atoms with van der Waals surface area (Å²) in [4.78, 5) is 0. The van der Waals surface area contributed by atoms with E-state index in [0.29, 0.717) is 0 Å². The minimum absolute atomic E-state index is 0.515. The molecule has 0 aromatic heterocycles. The second-order valence-electron chi connectivity index (χ2n) is 6.07. The Morgan fingerprint density at radius 3 is 2.00 bits per heavy atom. The van der Waals surface area contributed by atoms with Crippen LogP contribution in [0.5, 0.6) is 0 Å². The van der Waals surface area contributed by atoms with Crippen LogP contribution in [0.25, 0.3) is 0 Å². The summed E-state index contributed by atoms with van der Waals surface area (Å²) < 4.78 is 14.9. The van der Waals surface area contributed by atoms with E-state index in [1.165, 1.54) is 32.4 Å². The zero-order valence-electron chi connectivity index (χ0n) is 11.5. The normalized spacial score (nSPS) is 20.8. The van der Waals surface area contributed by atoms with Gasteiger partial charge in [0.25, 0.3) is 0 Å². The zero-order chi connectivity index (χ0) is 12.2. The van der Waals surface area contributed by atoms with E-state index < -0.39 is 26.8 Å². The van der Waals surface area contributed by atoms with E-state index >= 15 is 0 Å². The maximum absolute atomic E-state index is 6.18. The highest BCUT2D eigenvalue weighted by molar-refractivity contribution is 6.82. The van der Waals surface area contributed by atoms with Crippen LogP contribution < -0.4 is 0 Å². The van der Waals surface area contributed by atoms with Gasteiger partial charge in [0.1, 0.15) is 0 Å². The van der Waals surface area contributed by atoms with E-state index in [1.54, 1.807) is 0 Å². The summed E-state index contributed by atoms with van der Waals surface area (Å²) in [5.41, 5.74) is 0. The van der Waals surface area contributed by atoms with E-state index in [1.807, 2.05) is 0 Å². The van der Waals surface area contributed by atoms with Gasteiger partial charge in [0.15, 0.2) is 8.32 Å². The number of rotatable bonds is 5. The Bertz CT molecular complexity index is 213. The maximum Gasteiger partial charge on any atom is 0.311 e. The topological polar surface area (TPSA) is 21.7 Å². The Morgan fingerprint density at radius 2 is 1.50 bits per heavy atom. The summed E-state index contributed by atoms with van der Waals surface area (Å²) in [5.74, 6) is 0. The molecule has 0 aromatic carbocycles. The summed E-state index contributed by atoms with van der Waals surface area (Å²) in [6.07, 6.45) is 4.11. The highest BCUT2D eigenvalue weighted by Crippen LogP contribution is 2.16. The Kier molecular flexibility index (Phi) is 5.40. The van der Waals surface area contributed by atoms with Crippen molar-refractivity contribution in [1.29, 1.82) is 0 Å². The molecular weight excluding hydrogens is 250 g/mol. The van der Waals surface area contributed by atoms with E-state index in [2.05, 4.69) is 37.3 Å². The van der Waals surface area contributed by atoms with Crippen LogP contribution in [-0.2, 0) is 8.23 Å². The van der Waals surface area contributed by atoms with Crippen LogP contribution in [0.1, 0.15) is 19.3 Å². The standard InChI is InChI=1S/C10H27NO2Si3/c1-15(2,3)13-16(4,5)12-14-11-9-7-6-8-10-11/h6-10,14H2,1-5H3. The molecule has 0 bridgehead atoms. The van der Waals surface area contributed by atoms with Crippen LogP contribution in [0.3, 0.4) is 0 Å². The van der Waals surface area contributed by atoms with E-state index in [9.17, 15) is 0 Å². The predicted octanol–water partition coefficient (Wildman–Crippen LogP) is 2.04. The van der Waals surface area contributed by atoms with Crippen molar-refractivity contribution in [3.8, 4) is 0 Å². The molecule has 16 heavy (non-hydrogen) atoms.